The van der Waals surface area contributed by atoms with Gasteiger partial charge in [0.15, 0.2) is 5.69 Å². The van der Waals surface area contributed by atoms with E-state index in [0.717, 1.165) is 10.0 Å². The van der Waals surface area contributed by atoms with Crippen LogP contribution in [0.25, 0.3) is 10.6 Å². The van der Waals surface area contributed by atoms with Crippen molar-refractivity contribution in [3.8, 4) is 10.6 Å². The lowest BCUT2D eigenvalue weighted by molar-refractivity contribution is 0.0520. The van der Waals surface area contributed by atoms with Crippen molar-refractivity contribution in [3.05, 3.63) is 38.8 Å². The van der Waals surface area contributed by atoms with Gasteiger partial charge in [-0.2, -0.15) is 0 Å². The minimum Gasteiger partial charge on any atom is -0.461 e. The predicted octanol–water partition coefficient (Wildman–Crippen LogP) is 4.40. The molecule has 18 heavy (non-hydrogen) atoms. The Morgan fingerprint density at radius 2 is 2.33 bits per heavy atom. The summed E-state index contributed by atoms with van der Waals surface area (Å²) >= 11 is 10.9. The van der Waals surface area contributed by atoms with E-state index in [0.29, 0.717) is 22.3 Å². The van der Waals surface area contributed by atoms with E-state index in [1.54, 1.807) is 18.4 Å². The molecule has 0 saturated heterocycles. The number of carbonyl (C=O) groups excluding carboxylic acids is 1. The van der Waals surface area contributed by atoms with E-state index < -0.39 is 5.97 Å². The summed E-state index contributed by atoms with van der Waals surface area (Å²) in [6.07, 6.45) is 0. The Morgan fingerprint density at radius 1 is 1.56 bits per heavy atom. The van der Waals surface area contributed by atoms with Crippen LogP contribution >= 0.6 is 38.9 Å². The van der Waals surface area contributed by atoms with Crippen LogP contribution in [0.5, 0.6) is 0 Å². The molecule has 0 unspecified atom stereocenters. The second-order valence-corrected chi connectivity index (χ2v) is 5.56. The van der Waals surface area contributed by atoms with Crippen molar-refractivity contribution < 1.29 is 9.53 Å². The van der Waals surface area contributed by atoms with Gasteiger partial charge in [-0.25, -0.2) is 9.78 Å². The Labute approximate surface area is 122 Å². The van der Waals surface area contributed by atoms with Gasteiger partial charge in [-0.15, -0.1) is 11.3 Å². The van der Waals surface area contributed by atoms with Gasteiger partial charge in [-0.1, -0.05) is 27.5 Å². The average molecular weight is 347 g/mol. The van der Waals surface area contributed by atoms with Crippen molar-refractivity contribution in [2.45, 2.75) is 6.92 Å². The van der Waals surface area contributed by atoms with E-state index in [1.807, 2.05) is 12.1 Å². The molecule has 0 aliphatic carbocycles. The molecule has 0 fully saturated rings. The number of benzene rings is 1. The van der Waals surface area contributed by atoms with Crippen LogP contribution in [0.3, 0.4) is 0 Å². The molecule has 0 amide bonds. The number of hydrogen-bond acceptors (Lipinski definition) is 4. The maximum atomic E-state index is 11.5. The topological polar surface area (TPSA) is 39.2 Å². The molecular weight excluding hydrogens is 338 g/mol. The molecule has 0 aliphatic heterocycles. The average Bonchev–Trinajstić information content (AvgIpc) is 2.82. The second-order valence-electron chi connectivity index (χ2n) is 3.38. The standard InChI is InChI=1S/C12H9BrClNO2S/c1-2-17-12(16)10-6-18-11(15-10)8-5-7(13)3-4-9(8)14/h3-6H,2H2,1H3. The summed E-state index contributed by atoms with van der Waals surface area (Å²) in [6.45, 7) is 2.10. The Balaban J connectivity index is 2.35. The highest BCUT2D eigenvalue weighted by Gasteiger charge is 2.14. The lowest BCUT2D eigenvalue weighted by Crippen LogP contribution is -2.04. The molecular formula is C12H9BrClNO2S. The molecule has 3 nitrogen and oxygen atoms in total. The van der Waals surface area contributed by atoms with Crippen LogP contribution in [0.4, 0.5) is 0 Å². The molecule has 94 valence electrons. The Morgan fingerprint density at radius 3 is 3.06 bits per heavy atom. The molecule has 0 saturated carbocycles. The fraction of sp³-hybridized carbons (Fsp3) is 0.167. The molecule has 1 aromatic carbocycles. The smallest absolute Gasteiger partial charge is 0.357 e. The van der Waals surface area contributed by atoms with Crippen molar-refractivity contribution in [1.29, 1.82) is 0 Å². The summed E-state index contributed by atoms with van der Waals surface area (Å²) in [4.78, 5) is 15.8. The van der Waals surface area contributed by atoms with Crippen LogP contribution in [-0.4, -0.2) is 17.6 Å². The first-order valence-electron chi connectivity index (χ1n) is 5.20. The van der Waals surface area contributed by atoms with Crippen molar-refractivity contribution in [1.82, 2.24) is 4.98 Å². The Kier molecular flexibility index (Phi) is 4.37. The highest BCUT2D eigenvalue weighted by Crippen LogP contribution is 2.32. The number of halogens is 2. The lowest BCUT2D eigenvalue weighted by Gasteiger charge is -2.01. The maximum absolute atomic E-state index is 11.5. The predicted molar refractivity (Wildman–Crippen MR) is 76.2 cm³/mol. The normalized spacial score (nSPS) is 10.4. The zero-order chi connectivity index (χ0) is 13.1. The molecule has 0 N–H and O–H groups in total. The number of nitrogens with zero attached hydrogens (tertiary/aromatic N) is 1. The minimum absolute atomic E-state index is 0.313. The van der Waals surface area contributed by atoms with Crippen LogP contribution in [0, 0.1) is 0 Å². The summed E-state index contributed by atoms with van der Waals surface area (Å²) < 4.78 is 5.81. The van der Waals surface area contributed by atoms with Crippen LogP contribution in [0.2, 0.25) is 5.02 Å². The summed E-state index contributed by atoms with van der Waals surface area (Å²) in [5, 5.41) is 2.97. The number of hydrogen-bond donors (Lipinski definition) is 0. The first kappa shape index (κ1) is 13.5. The largest absolute Gasteiger partial charge is 0.461 e. The molecule has 1 heterocycles. The van der Waals surface area contributed by atoms with Crippen molar-refractivity contribution in [2.24, 2.45) is 0 Å². The lowest BCUT2D eigenvalue weighted by atomic mass is 10.2. The van der Waals surface area contributed by atoms with E-state index in [-0.39, 0.29) is 0 Å². The third-order valence-corrected chi connectivity index (χ3v) is 3.85. The van der Waals surface area contributed by atoms with Gasteiger partial charge in [-0.05, 0) is 25.1 Å². The van der Waals surface area contributed by atoms with Gasteiger partial charge in [0.05, 0.1) is 11.6 Å². The van der Waals surface area contributed by atoms with Gasteiger partial charge in [0.25, 0.3) is 0 Å². The first-order valence-corrected chi connectivity index (χ1v) is 7.25. The quantitative estimate of drug-likeness (QED) is 0.773. The Bertz CT molecular complexity index is 585. The number of esters is 1. The molecule has 2 rings (SSSR count). The highest BCUT2D eigenvalue weighted by molar-refractivity contribution is 9.10. The molecule has 6 heteroatoms. The molecule has 0 radical (unpaired) electrons. The Hall–Kier alpha value is -0.910. The van der Waals surface area contributed by atoms with Gasteiger partial charge in [0.1, 0.15) is 5.01 Å². The van der Waals surface area contributed by atoms with Crippen molar-refractivity contribution in [2.75, 3.05) is 6.61 Å². The van der Waals surface area contributed by atoms with E-state index >= 15 is 0 Å². The van der Waals surface area contributed by atoms with Crippen LogP contribution < -0.4 is 0 Å². The van der Waals surface area contributed by atoms with E-state index in [4.69, 9.17) is 16.3 Å². The van der Waals surface area contributed by atoms with Crippen molar-refractivity contribution in [3.63, 3.8) is 0 Å². The fourth-order valence-corrected chi connectivity index (χ4v) is 2.80. The highest BCUT2D eigenvalue weighted by atomic mass is 79.9. The van der Waals surface area contributed by atoms with Crippen LogP contribution in [0.1, 0.15) is 17.4 Å². The van der Waals surface area contributed by atoms with Crippen LogP contribution in [-0.2, 0) is 4.74 Å². The van der Waals surface area contributed by atoms with Gasteiger partial charge < -0.3 is 4.74 Å². The number of rotatable bonds is 3. The van der Waals surface area contributed by atoms with Crippen molar-refractivity contribution >= 4 is 44.8 Å². The molecule has 2 aromatic rings. The third-order valence-electron chi connectivity index (χ3n) is 2.15. The summed E-state index contributed by atoms with van der Waals surface area (Å²) in [5.41, 5.74) is 1.11. The van der Waals surface area contributed by atoms with E-state index in [1.165, 1.54) is 11.3 Å². The summed E-state index contributed by atoms with van der Waals surface area (Å²) in [5.74, 6) is -0.411. The fourth-order valence-electron chi connectivity index (χ4n) is 1.36. The molecule has 0 aliphatic rings. The molecule has 1 aromatic heterocycles. The second kappa shape index (κ2) is 5.82. The summed E-state index contributed by atoms with van der Waals surface area (Å²) in [7, 11) is 0. The minimum atomic E-state index is -0.411. The number of aromatic nitrogens is 1. The molecule has 0 bridgehead atoms. The molecule has 0 spiro atoms. The number of ether oxygens (including phenoxy) is 1. The summed E-state index contributed by atoms with van der Waals surface area (Å²) in [6, 6.07) is 5.51. The first-order chi connectivity index (χ1) is 8.61. The molecule has 0 atom stereocenters. The van der Waals surface area contributed by atoms with Gasteiger partial charge >= 0.3 is 5.97 Å². The van der Waals surface area contributed by atoms with Crippen LogP contribution in [0.15, 0.2) is 28.1 Å². The van der Waals surface area contributed by atoms with Gasteiger partial charge in [0, 0.05) is 15.4 Å². The number of thiazole rings is 1. The zero-order valence-corrected chi connectivity index (χ0v) is 12.6. The monoisotopic (exact) mass is 345 g/mol. The zero-order valence-electron chi connectivity index (χ0n) is 9.44. The van der Waals surface area contributed by atoms with Gasteiger partial charge in [0.2, 0.25) is 0 Å². The van der Waals surface area contributed by atoms with E-state index in [9.17, 15) is 4.79 Å². The van der Waals surface area contributed by atoms with E-state index in [2.05, 4.69) is 20.9 Å². The maximum Gasteiger partial charge on any atom is 0.357 e. The van der Waals surface area contributed by atoms with Gasteiger partial charge in [-0.3, -0.25) is 0 Å². The number of carbonyl (C=O) groups is 1. The SMILES string of the molecule is CCOC(=O)c1csc(-c2cc(Br)ccc2Cl)n1. The third kappa shape index (κ3) is 2.91.